The highest BCUT2D eigenvalue weighted by molar-refractivity contribution is 6.33. The molecule has 0 bridgehead atoms. The van der Waals surface area contributed by atoms with Gasteiger partial charge in [-0.3, -0.25) is 10.1 Å². The van der Waals surface area contributed by atoms with E-state index in [-0.39, 0.29) is 5.69 Å². The maximum absolute atomic E-state index is 10.6. The number of rotatable bonds is 4. The summed E-state index contributed by atoms with van der Waals surface area (Å²) in [5.41, 5.74) is -0.0805. The van der Waals surface area contributed by atoms with Crippen molar-refractivity contribution in [3.63, 3.8) is 0 Å². The predicted molar refractivity (Wildman–Crippen MR) is 72.7 cm³/mol. The molecule has 0 atom stereocenters. The minimum absolute atomic E-state index is 0.0805. The van der Waals surface area contributed by atoms with Gasteiger partial charge in [0.1, 0.15) is 12.0 Å². The Morgan fingerprint density at radius 3 is 2.79 bits per heavy atom. The Morgan fingerprint density at radius 1 is 1.58 bits per heavy atom. The summed E-state index contributed by atoms with van der Waals surface area (Å²) in [6, 6.07) is 1.35. The zero-order valence-electron chi connectivity index (χ0n) is 10.7. The number of ether oxygens (including phenoxy) is 1. The fourth-order valence-corrected chi connectivity index (χ4v) is 2.58. The largest absolute Gasteiger partial charge is 0.384 e. The molecule has 19 heavy (non-hydrogen) atoms. The first-order valence-corrected chi connectivity index (χ1v) is 6.53. The second-order valence-electron chi connectivity index (χ2n) is 4.64. The number of hydrogen-bond acceptors (Lipinski definition) is 5. The average molecular weight is 286 g/mol. The van der Waals surface area contributed by atoms with Crippen molar-refractivity contribution < 1.29 is 9.66 Å². The highest BCUT2D eigenvalue weighted by Crippen LogP contribution is 2.30. The van der Waals surface area contributed by atoms with Crippen molar-refractivity contribution in [3.05, 3.63) is 27.4 Å². The van der Waals surface area contributed by atoms with E-state index in [0.29, 0.717) is 16.8 Å². The van der Waals surface area contributed by atoms with Gasteiger partial charge >= 0.3 is 0 Å². The lowest BCUT2D eigenvalue weighted by molar-refractivity contribution is -0.385. The van der Waals surface area contributed by atoms with Crippen LogP contribution in [0.5, 0.6) is 0 Å². The molecule has 1 aliphatic heterocycles. The Kier molecular flexibility index (Phi) is 4.55. The molecule has 0 saturated carbocycles. The molecular formula is C12H16ClN3O3. The van der Waals surface area contributed by atoms with Crippen LogP contribution in [0.15, 0.2) is 12.3 Å². The molecule has 1 aliphatic rings. The van der Waals surface area contributed by atoms with Crippen LogP contribution in [0.1, 0.15) is 12.8 Å². The molecule has 0 aromatic carbocycles. The Hall–Kier alpha value is -1.40. The molecule has 104 valence electrons. The van der Waals surface area contributed by atoms with E-state index < -0.39 is 4.92 Å². The number of nitrogens with zero attached hydrogens (tertiary/aromatic N) is 3. The van der Waals surface area contributed by atoms with Gasteiger partial charge in [-0.2, -0.15) is 0 Å². The summed E-state index contributed by atoms with van der Waals surface area (Å²) < 4.78 is 5.15. The molecule has 1 fully saturated rings. The van der Waals surface area contributed by atoms with Gasteiger partial charge in [-0.1, -0.05) is 11.6 Å². The van der Waals surface area contributed by atoms with Crippen molar-refractivity contribution in [2.75, 3.05) is 31.7 Å². The van der Waals surface area contributed by atoms with Crippen LogP contribution < -0.4 is 4.90 Å². The standard InChI is InChI=1S/C12H16ClN3O3/c1-19-8-9-2-4-15(5-3-9)12-11(13)6-10(7-14-12)16(17)18/h6-7,9H,2-5,8H2,1H3. The van der Waals surface area contributed by atoms with E-state index in [0.717, 1.165) is 32.5 Å². The maximum Gasteiger partial charge on any atom is 0.289 e. The normalized spacial score (nSPS) is 16.6. The zero-order valence-corrected chi connectivity index (χ0v) is 11.5. The fourth-order valence-electron chi connectivity index (χ4n) is 2.30. The van der Waals surface area contributed by atoms with Crippen LogP contribution in [0.4, 0.5) is 11.5 Å². The van der Waals surface area contributed by atoms with Crippen molar-refractivity contribution in [1.82, 2.24) is 4.98 Å². The molecule has 0 unspecified atom stereocenters. The first-order valence-electron chi connectivity index (χ1n) is 6.15. The van der Waals surface area contributed by atoms with Crippen LogP contribution in [-0.2, 0) is 4.74 Å². The number of piperidine rings is 1. The molecule has 0 radical (unpaired) electrons. The Labute approximate surface area is 116 Å². The van der Waals surface area contributed by atoms with Gasteiger partial charge in [0, 0.05) is 32.9 Å². The third kappa shape index (κ3) is 3.33. The summed E-state index contributed by atoms with van der Waals surface area (Å²) in [6.45, 7) is 2.46. The average Bonchev–Trinajstić information content (AvgIpc) is 2.40. The summed E-state index contributed by atoms with van der Waals surface area (Å²) >= 11 is 6.07. The van der Waals surface area contributed by atoms with E-state index in [2.05, 4.69) is 9.88 Å². The van der Waals surface area contributed by atoms with Crippen molar-refractivity contribution in [3.8, 4) is 0 Å². The first-order chi connectivity index (χ1) is 9.11. The van der Waals surface area contributed by atoms with Gasteiger partial charge in [-0.05, 0) is 18.8 Å². The summed E-state index contributed by atoms with van der Waals surface area (Å²) in [5, 5.41) is 11.0. The number of nitro groups is 1. The Morgan fingerprint density at radius 2 is 2.26 bits per heavy atom. The third-order valence-corrected chi connectivity index (χ3v) is 3.61. The van der Waals surface area contributed by atoms with Gasteiger partial charge in [0.15, 0.2) is 0 Å². The lowest BCUT2D eigenvalue weighted by atomic mass is 9.98. The molecule has 1 saturated heterocycles. The number of anilines is 1. The van der Waals surface area contributed by atoms with Gasteiger partial charge in [0.25, 0.3) is 5.69 Å². The highest BCUT2D eigenvalue weighted by atomic mass is 35.5. The minimum Gasteiger partial charge on any atom is -0.384 e. The van der Waals surface area contributed by atoms with Crippen LogP contribution in [0.2, 0.25) is 5.02 Å². The lowest BCUT2D eigenvalue weighted by Crippen LogP contribution is -2.35. The van der Waals surface area contributed by atoms with E-state index >= 15 is 0 Å². The quantitative estimate of drug-likeness (QED) is 0.628. The molecular weight excluding hydrogens is 270 g/mol. The summed E-state index contributed by atoms with van der Waals surface area (Å²) in [4.78, 5) is 16.3. The number of pyridine rings is 1. The fraction of sp³-hybridized carbons (Fsp3) is 0.583. The number of methoxy groups -OCH3 is 1. The molecule has 2 heterocycles. The molecule has 0 spiro atoms. The number of hydrogen-bond donors (Lipinski definition) is 0. The predicted octanol–water partition coefficient (Wildman–Crippen LogP) is 2.51. The molecule has 2 rings (SSSR count). The summed E-state index contributed by atoms with van der Waals surface area (Å²) in [6.07, 6.45) is 3.29. The number of aromatic nitrogens is 1. The molecule has 1 aromatic heterocycles. The molecule has 0 aliphatic carbocycles. The van der Waals surface area contributed by atoms with Crippen LogP contribution in [0, 0.1) is 16.0 Å². The summed E-state index contributed by atoms with van der Waals surface area (Å²) in [7, 11) is 1.71. The Bertz CT molecular complexity index is 462. The van der Waals surface area contributed by atoms with E-state index in [1.54, 1.807) is 7.11 Å². The van der Waals surface area contributed by atoms with Crippen LogP contribution >= 0.6 is 11.6 Å². The SMILES string of the molecule is COCC1CCN(c2ncc([N+](=O)[O-])cc2Cl)CC1. The Balaban J connectivity index is 2.05. The molecule has 7 heteroatoms. The van der Waals surface area contributed by atoms with E-state index in [9.17, 15) is 10.1 Å². The third-order valence-electron chi connectivity index (χ3n) is 3.33. The van der Waals surface area contributed by atoms with Crippen LogP contribution in [0.25, 0.3) is 0 Å². The van der Waals surface area contributed by atoms with Crippen molar-refractivity contribution >= 4 is 23.1 Å². The van der Waals surface area contributed by atoms with Gasteiger partial charge in [0.2, 0.25) is 0 Å². The smallest absolute Gasteiger partial charge is 0.289 e. The van der Waals surface area contributed by atoms with Gasteiger partial charge in [-0.15, -0.1) is 0 Å². The molecule has 6 nitrogen and oxygen atoms in total. The lowest BCUT2D eigenvalue weighted by Gasteiger charge is -2.32. The van der Waals surface area contributed by atoms with Gasteiger partial charge < -0.3 is 9.64 Å². The second kappa shape index (κ2) is 6.16. The van der Waals surface area contributed by atoms with Crippen LogP contribution in [-0.4, -0.2) is 36.7 Å². The van der Waals surface area contributed by atoms with Crippen LogP contribution in [0.3, 0.4) is 0 Å². The van der Waals surface area contributed by atoms with Crippen molar-refractivity contribution in [2.45, 2.75) is 12.8 Å². The maximum atomic E-state index is 10.6. The van der Waals surface area contributed by atoms with Gasteiger partial charge in [-0.25, -0.2) is 4.98 Å². The number of halogens is 1. The molecule has 0 amide bonds. The second-order valence-corrected chi connectivity index (χ2v) is 5.05. The summed E-state index contributed by atoms with van der Waals surface area (Å²) in [5.74, 6) is 1.20. The highest BCUT2D eigenvalue weighted by Gasteiger charge is 2.22. The minimum atomic E-state index is -0.493. The van der Waals surface area contributed by atoms with E-state index in [4.69, 9.17) is 16.3 Å². The zero-order chi connectivity index (χ0) is 13.8. The van der Waals surface area contributed by atoms with E-state index in [1.165, 1.54) is 12.3 Å². The molecule has 1 aromatic rings. The van der Waals surface area contributed by atoms with Gasteiger partial charge in [0.05, 0.1) is 9.95 Å². The first kappa shape index (κ1) is 14.0. The van der Waals surface area contributed by atoms with E-state index in [1.807, 2.05) is 0 Å². The van der Waals surface area contributed by atoms with Crippen molar-refractivity contribution in [1.29, 1.82) is 0 Å². The topological polar surface area (TPSA) is 68.5 Å². The monoisotopic (exact) mass is 285 g/mol. The molecule has 0 N–H and O–H groups in total. The van der Waals surface area contributed by atoms with Crippen molar-refractivity contribution in [2.24, 2.45) is 5.92 Å².